The third-order valence-corrected chi connectivity index (χ3v) is 7.43. The van der Waals surface area contributed by atoms with Crippen LogP contribution < -0.4 is 10.6 Å². The van der Waals surface area contributed by atoms with Crippen LogP contribution in [-0.2, 0) is 19.0 Å². The lowest BCUT2D eigenvalue weighted by Crippen LogP contribution is -2.31. The minimum Gasteiger partial charge on any atom is -0.381 e. The molecule has 2 aliphatic rings. The van der Waals surface area contributed by atoms with E-state index in [2.05, 4.69) is 15.6 Å². The average Bonchev–Trinajstić information content (AvgIpc) is 2.81. The highest BCUT2D eigenvalue weighted by atomic mass is 35.5. The summed E-state index contributed by atoms with van der Waals surface area (Å²) in [7, 11) is -3.44. The largest absolute Gasteiger partial charge is 0.381 e. The first kappa shape index (κ1) is 25.4. The van der Waals surface area contributed by atoms with Gasteiger partial charge in [-0.05, 0) is 62.6 Å². The van der Waals surface area contributed by atoms with Crippen LogP contribution in [0.3, 0.4) is 0 Å². The van der Waals surface area contributed by atoms with Crippen LogP contribution >= 0.6 is 23.2 Å². The normalized spacial score (nSPS) is 21.9. The van der Waals surface area contributed by atoms with Crippen LogP contribution in [0, 0.1) is 5.92 Å². The monoisotopic (exact) mass is 528 g/mol. The van der Waals surface area contributed by atoms with E-state index in [9.17, 15) is 8.42 Å². The quantitative estimate of drug-likeness (QED) is 0.462. The molecule has 0 amide bonds. The number of hydrogen-bond donors (Lipinski definition) is 2. The van der Waals surface area contributed by atoms with Gasteiger partial charge >= 0.3 is 0 Å². The summed E-state index contributed by atoms with van der Waals surface area (Å²) in [5, 5.41) is 7.82. The minimum absolute atomic E-state index is 0.164. The van der Waals surface area contributed by atoms with Gasteiger partial charge in [0.1, 0.15) is 11.6 Å². The molecule has 2 aromatic heterocycles. The van der Waals surface area contributed by atoms with E-state index in [4.69, 9.17) is 37.1 Å². The Morgan fingerprint density at radius 3 is 2.50 bits per heavy atom. The molecule has 4 rings (SSSR count). The maximum absolute atomic E-state index is 11.4. The van der Waals surface area contributed by atoms with Crippen molar-refractivity contribution in [1.82, 2.24) is 9.97 Å². The topological polar surface area (TPSA) is 102 Å². The van der Waals surface area contributed by atoms with Crippen LogP contribution in [0.15, 0.2) is 24.4 Å². The third-order valence-electron chi connectivity index (χ3n) is 6.21. The second-order valence-corrected chi connectivity index (χ2v) is 11.3. The predicted molar refractivity (Wildman–Crippen MR) is 135 cm³/mol. The van der Waals surface area contributed by atoms with E-state index in [-0.39, 0.29) is 12.1 Å². The van der Waals surface area contributed by atoms with Crippen molar-refractivity contribution in [2.24, 2.45) is 5.92 Å². The molecular weight excluding hydrogens is 499 g/mol. The molecule has 1 aliphatic carbocycles. The Labute approximate surface area is 210 Å². The molecule has 0 radical (unpaired) electrons. The lowest BCUT2D eigenvalue weighted by Gasteiger charge is -2.28. The van der Waals surface area contributed by atoms with E-state index in [1.165, 1.54) is 0 Å². The molecule has 0 spiro atoms. The van der Waals surface area contributed by atoms with Crippen molar-refractivity contribution >= 4 is 45.0 Å². The number of pyridine rings is 2. The van der Waals surface area contributed by atoms with Gasteiger partial charge in [0.15, 0.2) is 0 Å². The first-order valence-corrected chi connectivity index (χ1v) is 14.1. The first-order valence-electron chi connectivity index (χ1n) is 11.6. The predicted octanol–water partition coefficient (Wildman–Crippen LogP) is 4.99. The van der Waals surface area contributed by atoms with E-state index in [0.717, 1.165) is 57.5 Å². The van der Waals surface area contributed by atoms with Gasteiger partial charge in [0.2, 0.25) is 0 Å². The summed E-state index contributed by atoms with van der Waals surface area (Å²) in [4.78, 5) is 9.15. The third kappa shape index (κ3) is 7.18. The maximum atomic E-state index is 11.4. The SMILES string of the molecule is CS(=O)(=O)O[C@H]1CC[C@H](Nc2cc(-c3nc(NCC4CCOCC4)ccc3Cl)c(Cl)cn2)CC1. The van der Waals surface area contributed by atoms with E-state index < -0.39 is 10.1 Å². The molecule has 8 nitrogen and oxygen atoms in total. The zero-order chi connectivity index (χ0) is 24.1. The highest BCUT2D eigenvalue weighted by Gasteiger charge is 2.25. The number of aromatic nitrogens is 2. The number of hydrogen-bond acceptors (Lipinski definition) is 8. The molecule has 1 saturated heterocycles. The van der Waals surface area contributed by atoms with Crippen LogP contribution in [0.5, 0.6) is 0 Å². The van der Waals surface area contributed by atoms with Crippen molar-refractivity contribution in [2.75, 3.05) is 36.6 Å². The van der Waals surface area contributed by atoms with Crippen LogP contribution in [0.2, 0.25) is 10.0 Å². The van der Waals surface area contributed by atoms with Gasteiger partial charge in [0.25, 0.3) is 10.1 Å². The molecule has 34 heavy (non-hydrogen) atoms. The molecule has 2 N–H and O–H groups in total. The first-order chi connectivity index (χ1) is 16.3. The molecule has 0 bridgehead atoms. The van der Waals surface area contributed by atoms with Gasteiger partial charge in [-0.25, -0.2) is 9.97 Å². The number of nitrogens with one attached hydrogen (secondary N) is 2. The smallest absolute Gasteiger partial charge is 0.264 e. The molecular formula is C23H30Cl2N4O4S. The van der Waals surface area contributed by atoms with E-state index in [0.29, 0.717) is 45.9 Å². The molecule has 2 aromatic rings. The molecule has 0 unspecified atom stereocenters. The van der Waals surface area contributed by atoms with Crippen molar-refractivity contribution in [3.63, 3.8) is 0 Å². The molecule has 11 heteroatoms. The molecule has 0 atom stereocenters. The van der Waals surface area contributed by atoms with E-state index in [1.54, 1.807) is 6.20 Å². The summed E-state index contributed by atoms with van der Waals surface area (Å²) >= 11 is 13.0. The number of rotatable bonds is 8. The fraction of sp³-hybridized carbons (Fsp3) is 0.565. The number of halogens is 2. The molecule has 1 aliphatic heterocycles. The zero-order valence-electron chi connectivity index (χ0n) is 19.1. The maximum Gasteiger partial charge on any atom is 0.264 e. The highest BCUT2D eigenvalue weighted by molar-refractivity contribution is 7.86. The number of ether oxygens (including phenoxy) is 1. The highest BCUT2D eigenvalue weighted by Crippen LogP contribution is 2.34. The van der Waals surface area contributed by atoms with Gasteiger partial charge < -0.3 is 15.4 Å². The van der Waals surface area contributed by atoms with Crippen molar-refractivity contribution in [3.8, 4) is 11.3 Å². The second-order valence-electron chi connectivity index (χ2n) is 8.93. The second kappa shape index (κ2) is 11.4. The molecule has 1 saturated carbocycles. The van der Waals surface area contributed by atoms with Gasteiger partial charge in [-0.15, -0.1) is 0 Å². The summed E-state index contributed by atoms with van der Waals surface area (Å²) < 4.78 is 33.3. The summed E-state index contributed by atoms with van der Waals surface area (Å²) in [5.74, 6) is 1.98. The summed E-state index contributed by atoms with van der Waals surface area (Å²) in [6.45, 7) is 2.45. The Balaban J connectivity index is 1.42. The van der Waals surface area contributed by atoms with Crippen molar-refractivity contribution in [2.45, 2.75) is 50.7 Å². The van der Waals surface area contributed by atoms with Crippen LogP contribution in [0.1, 0.15) is 38.5 Å². The Morgan fingerprint density at radius 2 is 1.79 bits per heavy atom. The average molecular weight is 529 g/mol. The van der Waals surface area contributed by atoms with Gasteiger partial charge in [0, 0.05) is 37.6 Å². The Morgan fingerprint density at radius 1 is 1.06 bits per heavy atom. The molecule has 3 heterocycles. The zero-order valence-corrected chi connectivity index (χ0v) is 21.4. The lowest BCUT2D eigenvalue weighted by molar-refractivity contribution is 0.0699. The molecule has 0 aromatic carbocycles. The van der Waals surface area contributed by atoms with Crippen LogP contribution in [0.25, 0.3) is 11.3 Å². The van der Waals surface area contributed by atoms with Gasteiger partial charge in [-0.3, -0.25) is 4.18 Å². The van der Waals surface area contributed by atoms with Gasteiger partial charge in [-0.2, -0.15) is 8.42 Å². The standard InChI is InChI=1S/C23H30Cl2N4O4S/c1-34(30,31)33-17-4-2-16(3-5-17)28-22-12-18(20(25)14-27-22)23-19(24)6-7-21(29-23)26-13-15-8-10-32-11-9-15/h6-7,12,14-17H,2-5,8-11,13H2,1H3,(H,26,29)(H,27,28)/t16-,17-. The van der Waals surface area contributed by atoms with Gasteiger partial charge in [-0.1, -0.05) is 23.2 Å². The molecule has 186 valence electrons. The summed E-state index contributed by atoms with van der Waals surface area (Å²) in [5.41, 5.74) is 1.30. The Kier molecular flexibility index (Phi) is 8.52. The summed E-state index contributed by atoms with van der Waals surface area (Å²) in [6.07, 6.45) is 7.40. The molecule has 2 fully saturated rings. The summed E-state index contributed by atoms with van der Waals surface area (Å²) in [6, 6.07) is 5.72. The Bertz CT molecular complexity index is 1090. The van der Waals surface area contributed by atoms with E-state index >= 15 is 0 Å². The van der Waals surface area contributed by atoms with Crippen molar-refractivity contribution in [3.05, 3.63) is 34.4 Å². The van der Waals surface area contributed by atoms with Gasteiger partial charge in [0.05, 0.1) is 28.1 Å². The van der Waals surface area contributed by atoms with Crippen molar-refractivity contribution < 1.29 is 17.3 Å². The fourth-order valence-electron chi connectivity index (χ4n) is 4.39. The van der Waals surface area contributed by atoms with Crippen LogP contribution in [0.4, 0.5) is 11.6 Å². The van der Waals surface area contributed by atoms with Crippen LogP contribution in [-0.4, -0.2) is 56.5 Å². The minimum atomic E-state index is -3.44. The van der Waals surface area contributed by atoms with Crippen molar-refractivity contribution in [1.29, 1.82) is 0 Å². The van der Waals surface area contributed by atoms with E-state index in [1.807, 2.05) is 18.2 Å². The Hall–Kier alpha value is -1.65. The fourth-order valence-corrected chi connectivity index (χ4v) is 5.47. The lowest BCUT2D eigenvalue weighted by atomic mass is 9.93. The number of nitrogens with zero attached hydrogens (tertiary/aromatic N) is 2. The number of anilines is 2.